The molecule has 0 saturated heterocycles. The predicted octanol–water partition coefficient (Wildman–Crippen LogP) is 3.73. The van der Waals surface area contributed by atoms with Crippen molar-refractivity contribution >= 4 is 34.4 Å². The third-order valence-electron chi connectivity index (χ3n) is 2.57. The highest BCUT2D eigenvalue weighted by Crippen LogP contribution is 2.32. The number of rotatable bonds is 5. The molecule has 0 aliphatic carbocycles. The first-order chi connectivity index (χ1) is 9.47. The van der Waals surface area contributed by atoms with Gasteiger partial charge in [-0.25, -0.2) is 4.98 Å². The Labute approximate surface area is 127 Å². The second-order valence-electron chi connectivity index (χ2n) is 4.62. The highest BCUT2D eigenvalue weighted by molar-refractivity contribution is 7.16. The number of thiophene rings is 1. The first-order valence-corrected chi connectivity index (χ1v) is 7.45. The number of hydrogen-bond donors (Lipinski definition) is 2. The first kappa shape index (κ1) is 14.9. The van der Waals surface area contributed by atoms with Crippen LogP contribution in [0, 0.1) is 0 Å². The van der Waals surface area contributed by atoms with Crippen molar-refractivity contribution in [2.75, 3.05) is 11.1 Å². The van der Waals surface area contributed by atoms with Gasteiger partial charge in [0.2, 0.25) is 5.88 Å². The normalized spacial score (nSPS) is 12.4. The number of nitrogen functional groups attached to an aromatic ring is 1. The molecule has 0 aliphatic heterocycles. The molecule has 2 rings (SSSR count). The fraction of sp³-hybridized carbons (Fsp3) is 0.385. The zero-order valence-corrected chi connectivity index (χ0v) is 13.1. The quantitative estimate of drug-likeness (QED) is 0.880. The molecule has 0 aromatic carbocycles. The smallest absolute Gasteiger partial charge is 0.242 e. The molecule has 1 unspecified atom stereocenters. The fourth-order valence-electron chi connectivity index (χ4n) is 1.65. The molecule has 7 heteroatoms. The standard InChI is InChI=1S/C13H17ClN4OS/c1-7(2)19-13-11(15)12(16-6-17-13)18-8(3)9-4-5-10(14)20-9/h4-8H,15H2,1-3H3,(H,16,17,18). The van der Waals surface area contributed by atoms with Crippen LogP contribution in [0.2, 0.25) is 4.34 Å². The molecular formula is C13H17ClN4OS. The van der Waals surface area contributed by atoms with E-state index in [1.54, 1.807) is 0 Å². The third-order valence-corrected chi connectivity index (χ3v) is 3.98. The number of ether oxygens (including phenoxy) is 1. The molecule has 0 aliphatic rings. The topological polar surface area (TPSA) is 73.1 Å². The van der Waals surface area contributed by atoms with Gasteiger partial charge in [0.25, 0.3) is 0 Å². The van der Waals surface area contributed by atoms with E-state index in [1.807, 2.05) is 32.9 Å². The molecule has 0 radical (unpaired) electrons. The summed E-state index contributed by atoms with van der Waals surface area (Å²) in [7, 11) is 0. The number of nitrogens with zero attached hydrogens (tertiary/aromatic N) is 2. The molecule has 2 aromatic rings. The molecule has 2 heterocycles. The number of nitrogens with one attached hydrogen (secondary N) is 1. The van der Waals surface area contributed by atoms with Crippen molar-refractivity contribution in [3.63, 3.8) is 0 Å². The van der Waals surface area contributed by atoms with Gasteiger partial charge >= 0.3 is 0 Å². The van der Waals surface area contributed by atoms with E-state index < -0.39 is 0 Å². The highest BCUT2D eigenvalue weighted by atomic mass is 35.5. The van der Waals surface area contributed by atoms with Crippen molar-refractivity contribution in [1.82, 2.24) is 9.97 Å². The highest BCUT2D eigenvalue weighted by Gasteiger charge is 2.14. The summed E-state index contributed by atoms with van der Waals surface area (Å²) in [6.45, 7) is 5.86. The Hall–Kier alpha value is -1.53. The fourth-order valence-corrected chi connectivity index (χ4v) is 2.71. The minimum absolute atomic E-state index is 0.00794. The lowest BCUT2D eigenvalue weighted by molar-refractivity contribution is 0.234. The van der Waals surface area contributed by atoms with Gasteiger partial charge in [0.05, 0.1) is 16.5 Å². The molecule has 108 valence electrons. The summed E-state index contributed by atoms with van der Waals surface area (Å²) in [6, 6.07) is 3.90. The first-order valence-electron chi connectivity index (χ1n) is 6.26. The molecule has 0 bridgehead atoms. The number of aromatic nitrogens is 2. The summed E-state index contributed by atoms with van der Waals surface area (Å²) in [5.41, 5.74) is 6.44. The van der Waals surface area contributed by atoms with Crippen LogP contribution in [0.25, 0.3) is 0 Å². The second-order valence-corrected chi connectivity index (χ2v) is 6.36. The molecule has 0 spiro atoms. The molecule has 0 fully saturated rings. The lowest BCUT2D eigenvalue weighted by Crippen LogP contribution is -2.13. The Balaban J connectivity index is 2.17. The van der Waals surface area contributed by atoms with Crippen molar-refractivity contribution < 1.29 is 4.74 Å². The zero-order valence-electron chi connectivity index (χ0n) is 11.6. The second kappa shape index (κ2) is 6.28. The maximum atomic E-state index is 6.03. The van der Waals surface area contributed by atoms with Crippen LogP contribution in [-0.4, -0.2) is 16.1 Å². The number of nitrogens with two attached hydrogens (primary N) is 1. The van der Waals surface area contributed by atoms with Crippen LogP contribution >= 0.6 is 22.9 Å². The van der Waals surface area contributed by atoms with E-state index in [2.05, 4.69) is 15.3 Å². The van der Waals surface area contributed by atoms with Crippen LogP contribution in [-0.2, 0) is 0 Å². The Morgan fingerprint density at radius 3 is 2.65 bits per heavy atom. The molecule has 1 atom stereocenters. The number of anilines is 2. The van der Waals surface area contributed by atoms with Gasteiger partial charge in [-0.05, 0) is 32.9 Å². The van der Waals surface area contributed by atoms with Crippen LogP contribution in [0.1, 0.15) is 31.7 Å². The van der Waals surface area contributed by atoms with Gasteiger partial charge in [-0.3, -0.25) is 0 Å². The minimum atomic E-state index is 0.00794. The maximum Gasteiger partial charge on any atom is 0.242 e. The molecular weight excluding hydrogens is 296 g/mol. The van der Waals surface area contributed by atoms with Crippen LogP contribution in [0.3, 0.4) is 0 Å². The van der Waals surface area contributed by atoms with E-state index in [0.717, 1.165) is 9.21 Å². The molecule has 20 heavy (non-hydrogen) atoms. The van der Waals surface area contributed by atoms with Crippen molar-refractivity contribution in [3.05, 3.63) is 27.7 Å². The Kier molecular flexibility index (Phi) is 4.67. The lowest BCUT2D eigenvalue weighted by atomic mass is 10.2. The summed E-state index contributed by atoms with van der Waals surface area (Å²) < 4.78 is 6.30. The molecule has 3 N–H and O–H groups in total. The summed E-state index contributed by atoms with van der Waals surface area (Å²) >= 11 is 7.46. The minimum Gasteiger partial charge on any atom is -0.473 e. The van der Waals surface area contributed by atoms with Gasteiger partial charge in [0, 0.05) is 4.88 Å². The SMILES string of the molecule is CC(C)Oc1ncnc(NC(C)c2ccc(Cl)s2)c1N. The Bertz CT molecular complexity index is 588. The van der Waals surface area contributed by atoms with Crippen LogP contribution in [0.5, 0.6) is 5.88 Å². The van der Waals surface area contributed by atoms with E-state index >= 15 is 0 Å². The monoisotopic (exact) mass is 312 g/mol. The third kappa shape index (κ3) is 3.52. The number of halogens is 1. The zero-order chi connectivity index (χ0) is 14.7. The van der Waals surface area contributed by atoms with Crippen molar-refractivity contribution in [2.45, 2.75) is 32.9 Å². The number of hydrogen-bond acceptors (Lipinski definition) is 6. The van der Waals surface area contributed by atoms with E-state index in [1.165, 1.54) is 17.7 Å². The van der Waals surface area contributed by atoms with E-state index in [-0.39, 0.29) is 12.1 Å². The molecule has 5 nitrogen and oxygen atoms in total. The van der Waals surface area contributed by atoms with E-state index in [4.69, 9.17) is 22.1 Å². The average molecular weight is 313 g/mol. The lowest BCUT2D eigenvalue weighted by Gasteiger charge is -2.16. The predicted molar refractivity (Wildman–Crippen MR) is 83.6 cm³/mol. The van der Waals surface area contributed by atoms with Gasteiger partial charge in [0.1, 0.15) is 12.0 Å². The largest absolute Gasteiger partial charge is 0.473 e. The summed E-state index contributed by atoms with van der Waals surface area (Å²) in [5, 5.41) is 3.25. The van der Waals surface area contributed by atoms with Crippen LogP contribution in [0.15, 0.2) is 18.5 Å². The van der Waals surface area contributed by atoms with Gasteiger partial charge < -0.3 is 15.8 Å². The van der Waals surface area contributed by atoms with Crippen molar-refractivity contribution in [1.29, 1.82) is 0 Å². The molecule has 2 aromatic heterocycles. The van der Waals surface area contributed by atoms with Gasteiger partial charge in [-0.15, -0.1) is 11.3 Å². The molecule has 0 saturated carbocycles. The van der Waals surface area contributed by atoms with Gasteiger partial charge in [-0.1, -0.05) is 11.6 Å². The average Bonchev–Trinajstić information content (AvgIpc) is 2.80. The van der Waals surface area contributed by atoms with Gasteiger partial charge in [-0.2, -0.15) is 4.98 Å². The summed E-state index contributed by atoms with van der Waals surface area (Å²) in [6.07, 6.45) is 1.44. The van der Waals surface area contributed by atoms with E-state index in [0.29, 0.717) is 17.4 Å². The van der Waals surface area contributed by atoms with Crippen molar-refractivity contribution in [2.24, 2.45) is 0 Å². The Morgan fingerprint density at radius 2 is 2.05 bits per heavy atom. The molecule has 0 amide bonds. The van der Waals surface area contributed by atoms with Gasteiger partial charge in [0.15, 0.2) is 5.82 Å². The van der Waals surface area contributed by atoms with Crippen molar-refractivity contribution in [3.8, 4) is 5.88 Å². The summed E-state index contributed by atoms with van der Waals surface area (Å²) in [4.78, 5) is 9.32. The van der Waals surface area contributed by atoms with E-state index in [9.17, 15) is 0 Å². The maximum absolute atomic E-state index is 6.03. The van der Waals surface area contributed by atoms with Crippen LogP contribution in [0.4, 0.5) is 11.5 Å². The van der Waals surface area contributed by atoms with Crippen LogP contribution < -0.4 is 15.8 Å². The summed E-state index contributed by atoms with van der Waals surface area (Å²) in [5.74, 6) is 0.960. The Morgan fingerprint density at radius 1 is 1.30 bits per heavy atom.